The number of carbonyl (C=O) groups is 1. The Hall–Kier alpha value is -2.07. The first-order chi connectivity index (χ1) is 9.45. The standard InChI is InChI=1S/C15H14ClNO3/c1-9(2)10-3-5-12(6-4-10)20-14-8-11(15(18)19)7-13(16)17-14/h3-9H,1-2H3,(H,18,19). The van der Waals surface area contributed by atoms with Gasteiger partial charge in [0.25, 0.3) is 0 Å². The fourth-order valence-electron chi connectivity index (χ4n) is 1.69. The van der Waals surface area contributed by atoms with Gasteiger partial charge < -0.3 is 9.84 Å². The zero-order valence-corrected chi connectivity index (χ0v) is 11.9. The smallest absolute Gasteiger partial charge is 0.335 e. The average molecular weight is 292 g/mol. The number of pyridine rings is 1. The molecule has 4 nitrogen and oxygen atoms in total. The molecule has 0 fully saturated rings. The Labute approximate surface area is 122 Å². The molecule has 2 aromatic rings. The normalized spacial score (nSPS) is 10.6. The SMILES string of the molecule is CC(C)c1ccc(Oc2cc(C(=O)O)cc(Cl)n2)cc1. The summed E-state index contributed by atoms with van der Waals surface area (Å²) in [5.74, 6) is 0.106. The molecule has 0 unspecified atom stereocenters. The van der Waals surface area contributed by atoms with Crippen LogP contribution in [0.5, 0.6) is 11.6 Å². The van der Waals surface area contributed by atoms with Gasteiger partial charge in [0.1, 0.15) is 10.9 Å². The molecular formula is C15H14ClNO3. The molecule has 0 aliphatic heterocycles. The third-order valence-corrected chi connectivity index (χ3v) is 2.98. The maximum absolute atomic E-state index is 10.9. The third-order valence-electron chi connectivity index (χ3n) is 2.79. The summed E-state index contributed by atoms with van der Waals surface area (Å²) in [6, 6.07) is 10.2. The molecule has 2 rings (SSSR count). The van der Waals surface area contributed by atoms with Gasteiger partial charge in [-0.1, -0.05) is 37.6 Å². The summed E-state index contributed by atoms with van der Waals surface area (Å²) in [5.41, 5.74) is 1.24. The predicted molar refractivity (Wildman–Crippen MR) is 76.8 cm³/mol. The number of halogens is 1. The lowest BCUT2D eigenvalue weighted by atomic mass is 10.0. The van der Waals surface area contributed by atoms with E-state index in [9.17, 15) is 4.79 Å². The summed E-state index contributed by atoms with van der Waals surface area (Å²) in [5, 5.41) is 9.04. The van der Waals surface area contributed by atoms with Gasteiger partial charge in [-0.2, -0.15) is 0 Å². The van der Waals surface area contributed by atoms with Crippen molar-refractivity contribution in [1.29, 1.82) is 0 Å². The second-order valence-electron chi connectivity index (χ2n) is 4.65. The van der Waals surface area contributed by atoms with Gasteiger partial charge in [-0.15, -0.1) is 0 Å². The van der Waals surface area contributed by atoms with Gasteiger partial charge in [0, 0.05) is 6.07 Å². The van der Waals surface area contributed by atoms with Gasteiger partial charge >= 0.3 is 5.97 Å². The van der Waals surface area contributed by atoms with Crippen molar-refractivity contribution in [3.05, 3.63) is 52.7 Å². The molecule has 5 heteroatoms. The van der Waals surface area contributed by atoms with Gasteiger partial charge in [-0.3, -0.25) is 0 Å². The summed E-state index contributed by atoms with van der Waals surface area (Å²) in [6.45, 7) is 4.21. The summed E-state index contributed by atoms with van der Waals surface area (Å²) >= 11 is 5.77. The number of hydrogen-bond donors (Lipinski definition) is 1. The molecule has 0 aliphatic carbocycles. The van der Waals surface area contributed by atoms with E-state index >= 15 is 0 Å². The number of carboxylic acids is 1. The molecule has 0 radical (unpaired) electrons. The highest BCUT2D eigenvalue weighted by molar-refractivity contribution is 6.29. The van der Waals surface area contributed by atoms with Crippen molar-refractivity contribution in [2.75, 3.05) is 0 Å². The number of aromatic carboxylic acids is 1. The minimum absolute atomic E-state index is 0.0406. The van der Waals surface area contributed by atoms with E-state index in [1.807, 2.05) is 24.3 Å². The topological polar surface area (TPSA) is 59.4 Å². The lowest BCUT2D eigenvalue weighted by Crippen LogP contribution is -1.98. The summed E-state index contributed by atoms with van der Waals surface area (Å²) in [6.07, 6.45) is 0. The maximum atomic E-state index is 10.9. The average Bonchev–Trinajstić information content (AvgIpc) is 2.38. The molecule has 0 spiro atoms. The number of rotatable bonds is 4. The van der Waals surface area contributed by atoms with Crippen molar-refractivity contribution in [2.24, 2.45) is 0 Å². The van der Waals surface area contributed by atoms with Gasteiger partial charge in [-0.25, -0.2) is 9.78 Å². The molecule has 1 aromatic heterocycles. The quantitative estimate of drug-likeness (QED) is 0.851. The van der Waals surface area contributed by atoms with E-state index in [1.165, 1.54) is 17.7 Å². The van der Waals surface area contributed by atoms with Crippen molar-refractivity contribution in [2.45, 2.75) is 19.8 Å². The van der Waals surface area contributed by atoms with E-state index in [0.717, 1.165) is 0 Å². The molecular weight excluding hydrogens is 278 g/mol. The van der Waals surface area contributed by atoms with Crippen LogP contribution in [0, 0.1) is 0 Å². The highest BCUT2D eigenvalue weighted by Crippen LogP contribution is 2.24. The minimum atomic E-state index is -1.07. The molecule has 1 heterocycles. The fraction of sp³-hybridized carbons (Fsp3) is 0.200. The first-order valence-corrected chi connectivity index (χ1v) is 6.52. The van der Waals surface area contributed by atoms with Crippen molar-refractivity contribution in [1.82, 2.24) is 4.98 Å². The van der Waals surface area contributed by atoms with Crippen LogP contribution in [0.4, 0.5) is 0 Å². The van der Waals surface area contributed by atoms with Crippen molar-refractivity contribution in [3.63, 3.8) is 0 Å². The predicted octanol–water partition coefficient (Wildman–Crippen LogP) is 4.35. The van der Waals surface area contributed by atoms with E-state index in [-0.39, 0.29) is 16.6 Å². The highest BCUT2D eigenvalue weighted by atomic mass is 35.5. The number of carboxylic acid groups (broad SMARTS) is 1. The second-order valence-corrected chi connectivity index (χ2v) is 5.03. The van der Waals surface area contributed by atoms with E-state index < -0.39 is 5.97 Å². The van der Waals surface area contributed by atoms with Crippen LogP contribution in [-0.2, 0) is 0 Å². The number of ether oxygens (including phenoxy) is 1. The van der Waals surface area contributed by atoms with Crippen molar-refractivity contribution in [3.8, 4) is 11.6 Å². The fourth-order valence-corrected chi connectivity index (χ4v) is 1.89. The molecule has 0 atom stereocenters. The number of nitrogens with zero attached hydrogens (tertiary/aromatic N) is 1. The van der Waals surface area contributed by atoms with Crippen LogP contribution >= 0.6 is 11.6 Å². The van der Waals surface area contributed by atoms with Crippen LogP contribution < -0.4 is 4.74 Å². The van der Waals surface area contributed by atoms with Crippen LogP contribution in [0.25, 0.3) is 0 Å². The first-order valence-electron chi connectivity index (χ1n) is 6.14. The molecule has 0 aliphatic rings. The van der Waals surface area contributed by atoms with Gasteiger partial charge in [0.2, 0.25) is 5.88 Å². The first kappa shape index (κ1) is 14.3. The Morgan fingerprint density at radius 1 is 1.25 bits per heavy atom. The lowest BCUT2D eigenvalue weighted by molar-refractivity contribution is 0.0696. The summed E-state index contributed by atoms with van der Waals surface area (Å²) < 4.78 is 5.53. The zero-order chi connectivity index (χ0) is 14.7. The monoisotopic (exact) mass is 291 g/mol. The Bertz CT molecular complexity index is 624. The van der Waals surface area contributed by atoms with E-state index in [0.29, 0.717) is 11.7 Å². The molecule has 0 bridgehead atoms. The van der Waals surface area contributed by atoms with E-state index in [2.05, 4.69) is 18.8 Å². The lowest BCUT2D eigenvalue weighted by Gasteiger charge is -2.08. The van der Waals surface area contributed by atoms with Gasteiger partial charge in [0.15, 0.2) is 0 Å². The Balaban J connectivity index is 2.23. The minimum Gasteiger partial charge on any atom is -0.478 e. The second kappa shape index (κ2) is 5.92. The van der Waals surface area contributed by atoms with E-state index in [4.69, 9.17) is 21.4 Å². The van der Waals surface area contributed by atoms with Gasteiger partial charge in [0.05, 0.1) is 5.56 Å². The molecule has 20 heavy (non-hydrogen) atoms. The molecule has 0 amide bonds. The van der Waals surface area contributed by atoms with Crippen LogP contribution in [0.1, 0.15) is 35.7 Å². The maximum Gasteiger partial charge on any atom is 0.335 e. The van der Waals surface area contributed by atoms with Crippen LogP contribution in [0.2, 0.25) is 5.15 Å². The highest BCUT2D eigenvalue weighted by Gasteiger charge is 2.09. The molecule has 0 saturated carbocycles. The largest absolute Gasteiger partial charge is 0.478 e. The Morgan fingerprint density at radius 2 is 1.90 bits per heavy atom. The summed E-state index contributed by atoms with van der Waals surface area (Å²) in [7, 11) is 0. The van der Waals surface area contributed by atoms with Crippen molar-refractivity contribution >= 4 is 17.6 Å². The Morgan fingerprint density at radius 3 is 2.45 bits per heavy atom. The van der Waals surface area contributed by atoms with Crippen LogP contribution in [-0.4, -0.2) is 16.1 Å². The van der Waals surface area contributed by atoms with Gasteiger partial charge in [-0.05, 0) is 29.7 Å². The van der Waals surface area contributed by atoms with E-state index in [1.54, 1.807) is 0 Å². The number of benzene rings is 1. The van der Waals surface area contributed by atoms with Crippen molar-refractivity contribution < 1.29 is 14.6 Å². The molecule has 1 aromatic carbocycles. The van der Waals surface area contributed by atoms with Crippen LogP contribution in [0.3, 0.4) is 0 Å². The number of hydrogen-bond acceptors (Lipinski definition) is 3. The zero-order valence-electron chi connectivity index (χ0n) is 11.1. The number of aromatic nitrogens is 1. The molecule has 104 valence electrons. The third kappa shape index (κ3) is 3.48. The summed E-state index contributed by atoms with van der Waals surface area (Å²) in [4.78, 5) is 14.9. The Kier molecular flexibility index (Phi) is 4.25. The van der Waals surface area contributed by atoms with Crippen LogP contribution in [0.15, 0.2) is 36.4 Å². The molecule has 1 N–H and O–H groups in total. The molecule has 0 saturated heterocycles.